The number of fused-ring (bicyclic) bond motifs is 5. The highest BCUT2D eigenvalue weighted by Crippen LogP contribution is 2.70. The number of allylic oxidation sites excluding steroid dienone is 1. The van der Waals surface area contributed by atoms with Gasteiger partial charge >= 0.3 is 17.9 Å². The summed E-state index contributed by atoms with van der Waals surface area (Å²) >= 11 is 0. The van der Waals surface area contributed by atoms with Gasteiger partial charge in [-0.1, -0.05) is 13.8 Å². The van der Waals surface area contributed by atoms with Gasteiger partial charge in [0.25, 0.3) is 0 Å². The van der Waals surface area contributed by atoms with Crippen molar-refractivity contribution < 1.29 is 48.3 Å². The molecule has 5 aliphatic heterocycles. The fourth-order valence-corrected chi connectivity index (χ4v) is 9.57. The maximum atomic E-state index is 12.8. The van der Waals surface area contributed by atoms with Gasteiger partial charge in [0.2, 0.25) is 5.79 Å². The van der Waals surface area contributed by atoms with Crippen LogP contribution in [-0.4, -0.2) is 69.5 Å². The average molecular weight is 545 g/mol. The largest absolute Gasteiger partial charge is 0.456 e. The van der Waals surface area contributed by atoms with Crippen LogP contribution in [0.2, 0.25) is 0 Å². The van der Waals surface area contributed by atoms with Gasteiger partial charge in [-0.05, 0) is 45.3 Å². The summed E-state index contributed by atoms with van der Waals surface area (Å²) < 4.78 is 30.5. The Morgan fingerprint density at radius 2 is 1.87 bits per heavy atom. The van der Waals surface area contributed by atoms with Gasteiger partial charge in [-0.3, -0.25) is 9.59 Å². The summed E-state index contributed by atoms with van der Waals surface area (Å²) in [4.78, 5) is 37.2. The molecule has 212 valence electrons. The number of rotatable bonds is 3. The lowest BCUT2D eigenvalue weighted by molar-refractivity contribution is -0.257. The van der Waals surface area contributed by atoms with Crippen LogP contribution in [0, 0.1) is 29.1 Å². The van der Waals surface area contributed by atoms with Gasteiger partial charge in [0.1, 0.15) is 17.5 Å². The molecule has 10 heteroatoms. The zero-order valence-electron chi connectivity index (χ0n) is 22.7. The van der Waals surface area contributed by atoms with Gasteiger partial charge in [0.15, 0.2) is 0 Å². The van der Waals surface area contributed by atoms with Crippen molar-refractivity contribution in [2.75, 3.05) is 6.61 Å². The zero-order valence-corrected chi connectivity index (χ0v) is 22.7. The van der Waals surface area contributed by atoms with Gasteiger partial charge in [-0.2, -0.15) is 0 Å². The van der Waals surface area contributed by atoms with Gasteiger partial charge < -0.3 is 33.9 Å². The Morgan fingerprint density at radius 1 is 1.10 bits per heavy atom. The molecule has 5 heterocycles. The minimum absolute atomic E-state index is 0.101. The number of carbonyl (C=O) groups excluding carboxylic acids is 3. The molecule has 2 aliphatic carbocycles. The van der Waals surface area contributed by atoms with Crippen LogP contribution in [0.25, 0.3) is 0 Å². The van der Waals surface area contributed by atoms with Crippen molar-refractivity contribution in [2.24, 2.45) is 29.1 Å². The van der Waals surface area contributed by atoms with Crippen molar-refractivity contribution in [3.05, 3.63) is 23.5 Å². The summed E-state index contributed by atoms with van der Waals surface area (Å²) in [5.41, 5.74) is -3.32. The molecule has 7 aliphatic rings. The molecule has 11 unspecified atom stereocenters. The van der Waals surface area contributed by atoms with E-state index in [9.17, 15) is 24.6 Å². The number of aliphatic hydroxyl groups excluding tert-OH is 1. The van der Waals surface area contributed by atoms with Crippen molar-refractivity contribution in [2.45, 2.75) is 101 Å². The van der Waals surface area contributed by atoms with E-state index in [-0.39, 0.29) is 61.7 Å². The molecule has 0 radical (unpaired) electrons. The van der Waals surface area contributed by atoms with E-state index < -0.39 is 46.0 Å². The van der Waals surface area contributed by atoms with Crippen molar-refractivity contribution in [1.82, 2.24) is 0 Å². The lowest BCUT2D eigenvalue weighted by atomic mass is 9.66. The maximum absolute atomic E-state index is 12.8. The fraction of sp³-hybridized carbons (Fsp3) is 0.759. The predicted molar refractivity (Wildman–Crippen MR) is 131 cm³/mol. The Morgan fingerprint density at radius 3 is 2.56 bits per heavy atom. The molecular weight excluding hydrogens is 508 g/mol. The Bertz CT molecular complexity index is 1240. The number of esters is 3. The van der Waals surface area contributed by atoms with Crippen LogP contribution in [0.1, 0.15) is 66.2 Å². The monoisotopic (exact) mass is 544 g/mol. The first kappa shape index (κ1) is 25.7. The molecule has 2 saturated carbocycles. The number of hydrogen-bond acceptors (Lipinski definition) is 10. The van der Waals surface area contributed by atoms with Gasteiger partial charge in [-0.15, -0.1) is 0 Å². The molecule has 4 saturated heterocycles. The van der Waals surface area contributed by atoms with E-state index in [1.165, 1.54) is 0 Å². The van der Waals surface area contributed by atoms with Crippen LogP contribution < -0.4 is 0 Å². The van der Waals surface area contributed by atoms with Gasteiger partial charge in [-0.25, -0.2) is 4.79 Å². The van der Waals surface area contributed by atoms with Crippen LogP contribution >= 0.6 is 0 Å². The van der Waals surface area contributed by atoms with E-state index in [0.717, 1.165) is 0 Å². The summed E-state index contributed by atoms with van der Waals surface area (Å²) in [6, 6.07) is 0. The molecule has 0 aromatic rings. The molecular formula is C29H36O10. The Hall–Kier alpha value is -2.27. The molecule has 2 N–H and O–H groups in total. The van der Waals surface area contributed by atoms with Crippen LogP contribution in [-0.2, 0) is 38.1 Å². The van der Waals surface area contributed by atoms with Gasteiger partial charge in [0.05, 0.1) is 36.8 Å². The van der Waals surface area contributed by atoms with Crippen molar-refractivity contribution in [1.29, 1.82) is 0 Å². The first-order valence-electron chi connectivity index (χ1n) is 14.0. The molecule has 39 heavy (non-hydrogen) atoms. The average Bonchev–Trinajstić information content (AvgIpc) is 3.56. The van der Waals surface area contributed by atoms with Crippen molar-refractivity contribution in [3.8, 4) is 0 Å². The number of carbonyl (C=O) groups is 3. The van der Waals surface area contributed by atoms with E-state index in [4.69, 9.17) is 23.7 Å². The summed E-state index contributed by atoms with van der Waals surface area (Å²) in [5.74, 6) is -3.13. The fourth-order valence-electron chi connectivity index (χ4n) is 9.57. The van der Waals surface area contributed by atoms with Crippen LogP contribution in [0.15, 0.2) is 23.5 Å². The van der Waals surface area contributed by atoms with Crippen LogP contribution in [0.3, 0.4) is 0 Å². The van der Waals surface area contributed by atoms with Gasteiger partial charge in [0, 0.05) is 41.1 Å². The van der Waals surface area contributed by atoms with Crippen LogP contribution in [0.4, 0.5) is 0 Å². The van der Waals surface area contributed by atoms with Crippen LogP contribution in [0.5, 0.6) is 0 Å². The second kappa shape index (κ2) is 7.72. The van der Waals surface area contributed by atoms with E-state index >= 15 is 0 Å². The zero-order chi connectivity index (χ0) is 27.8. The molecule has 1 spiro atoms. The highest BCUT2D eigenvalue weighted by atomic mass is 16.7. The third kappa shape index (κ3) is 3.09. The number of ether oxygens (including phenoxy) is 5. The van der Waals surface area contributed by atoms with Crippen molar-refractivity contribution in [3.63, 3.8) is 0 Å². The smallest absolute Gasteiger partial charge is 0.339 e. The number of cyclic esters (lactones) is 1. The molecule has 0 aromatic heterocycles. The lowest BCUT2D eigenvalue weighted by Crippen LogP contribution is -2.53. The summed E-state index contributed by atoms with van der Waals surface area (Å²) in [6.07, 6.45) is 4.52. The first-order valence-corrected chi connectivity index (χ1v) is 14.0. The van der Waals surface area contributed by atoms with E-state index in [2.05, 4.69) is 0 Å². The maximum Gasteiger partial charge on any atom is 0.339 e. The van der Waals surface area contributed by atoms with Crippen molar-refractivity contribution >= 4 is 17.9 Å². The molecule has 10 nitrogen and oxygen atoms in total. The Labute approximate surface area is 226 Å². The Balaban J connectivity index is 1.24. The predicted octanol–water partition coefficient (Wildman–Crippen LogP) is 2.06. The molecule has 6 fully saturated rings. The standard InChI is InChI=1S/C29H36O10/c1-14-7-16(35-24(14)33)8-15(2)29-25(3,11-22(32)38-29)18-10-27(34)12-28-19(6-5-17(27)23(18)39-29)26(4,13-30)36-20(28)9-21(31)37-28/h7-8,15,17-20,23,30,34H,5-6,9-13H2,1-4H3. The summed E-state index contributed by atoms with van der Waals surface area (Å²) in [7, 11) is 0. The van der Waals surface area contributed by atoms with E-state index in [0.29, 0.717) is 30.6 Å². The number of aliphatic hydroxyl groups is 2. The number of hydrogen-bond donors (Lipinski definition) is 2. The third-order valence-corrected chi connectivity index (χ3v) is 11.3. The third-order valence-electron chi connectivity index (χ3n) is 11.3. The first-order chi connectivity index (χ1) is 18.3. The summed E-state index contributed by atoms with van der Waals surface area (Å²) in [6.45, 7) is 7.22. The second-order valence-electron chi connectivity index (χ2n) is 13.4. The highest BCUT2D eigenvalue weighted by Gasteiger charge is 2.79. The van der Waals surface area contributed by atoms with E-state index in [1.54, 1.807) is 19.1 Å². The molecule has 0 bridgehead atoms. The highest BCUT2D eigenvalue weighted by molar-refractivity contribution is 5.92. The minimum Gasteiger partial charge on any atom is -0.456 e. The molecule has 7 rings (SSSR count). The SMILES string of the molecule is CC1=CC(=CC(C)C23OC(=O)CC2(C)C2CC4(O)CC56OC(=O)CC5OC(C)(CO)C6CCC4C2O3)OC1=O. The second-order valence-corrected chi connectivity index (χ2v) is 13.4. The quantitative estimate of drug-likeness (QED) is 0.401. The lowest BCUT2D eigenvalue weighted by Gasteiger charge is -2.43. The molecule has 0 aromatic carbocycles. The minimum atomic E-state index is -1.27. The normalized spacial score (nSPS) is 53.3. The van der Waals surface area contributed by atoms with E-state index in [1.807, 2.05) is 20.8 Å². The molecule has 0 amide bonds. The topological polar surface area (TPSA) is 138 Å². The summed E-state index contributed by atoms with van der Waals surface area (Å²) in [5, 5.41) is 22.6. The molecule has 11 atom stereocenters. The Kier molecular flexibility index (Phi) is 5.08.